The minimum absolute atomic E-state index is 0.178. The molecule has 0 radical (unpaired) electrons. The Morgan fingerprint density at radius 3 is 1.96 bits per heavy atom. The molecule has 25 heavy (non-hydrogen) atoms. The second kappa shape index (κ2) is 6.26. The molecule has 2 aromatic carbocycles. The molecule has 3 rings (SSSR count). The van der Waals surface area contributed by atoms with Crippen LogP contribution in [-0.2, 0) is 10.8 Å². The number of fused-ring (bicyclic) bond motifs is 1. The van der Waals surface area contributed by atoms with Gasteiger partial charge in [-0.3, -0.25) is 0 Å². The van der Waals surface area contributed by atoms with Crippen molar-refractivity contribution >= 4 is 0 Å². The number of methoxy groups -OCH3 is 1. The van der Waals surface area contributed by atoms with Crippen LogP contribution in [0, 0.1) is 18.8 Å². The first kappa shape index (κ1) is 17.6. The molecule has 1 nitrogen and oxygen atoms in total. The highest BCUT2D eigenvalue weighted by Crippen LogP contribution is 2.47. The SMILES string of the molecule is COc1cc2c(cc1C#Cc1ccc(C)cc1)C(C)(C)CCC2(C)C. The Kier molecular flexibility index (Phi) is 4.41. The first-order valence-corrected chi connectivity index (χ1v) is 9.05. The highest BCUT2D eigenvalue weighted by Gasteiger charge is 2.37. The Hall–Kier alpha value is -2.20. The molecule has 0 aliphatic heterocycles. The molecule has 0 saturated carbocycles. The Morgan fingerprint density at radius 2 is 1.40 bits per heavy atom. The normalized spacial score (nSPS) is 17.2. The summed E-state index contributed by atoms with van der Waals surface area (Å²) in [5, 5.41) is 0. The van der Waals surface area contributed by atoms with Crippen molar-refractivity contribution in [3.63, 3.8) is 0 Å². The van der Waals surface area contributed by atoms with E-state index in [4.69, 9.17) is 4.74 Å². The maximum atomic E-state index is 5.68. The molecule has 1 aliphatic rings. The van der Waals surface area contributed by atoms with E-state index in [1.165, 1.54) is 29.5 Å². The third-order valence-electron chi connectivity index (χ3n) is 5.57. The van der Waals surface area contributed by atoms with Crippen molar-refractivity contribution in [3.05, 3.63) is 64.2 Å². The Bertz CT molecular complexity index is 842. The summed E-state index contributed by atoms with van der Waals surface area (Å²) >= 11 is 0. The van der Waals surface area contributed by atoms with E-state index in [2.05, 4.69) is 82.9 Å². The lowest BCUT2D eigenvalue weighted by Gasteiger charge is -2.42. The molecule has 0 aromatic heterocycles. The lowest BCUT2D eigenvalue weighted by Crippen LogP contribution is -2.34. The smallest absolute Gasteiger partial charge is 0.134 e. The van der Waals surface area contributed by atoms with Crippen LogP contribution in [0.2, 0.25) is 0 Å². The molecule has 0 bridgehead atoms. The van der Waals surface area contributed by atoms with E-state index in [1.54, 1.807) is 7.11 Å². The Morgan fingerprint density at radius 1 is 0.840 bits per heavy atom. The number of ether oxygens (including phenoxy) is 1. The van der Waals surface area contributed by atoms with Crippen LogP contribution in [-0.4, -0.2) is 7.11 Å². The van der Waals surface area contributed by atoms with Gasteiger partial charge in [0.1, 0.15) is 5.75 Å². The number of aryl methyl sites for hydroxylation is 1. The van der Waals surface area contributed by atoms with E-state index in [9.17, 15) is 0 Å². The molecule has 0 spiro atoms. The lowest BCUT2D eigenvalue weighted by atomic mass is 9.63. The summed E-state index contributed by atoms with van der Waals surface area (Å²) in [4.78, 5) is 0. The van der Waals surface area contributed by atoms with Crippen molar-refractivity contribution in [2.45, 2.75) is 58.3 Å². The Balaban J connectivity index is 2.11. The van der Waals surface area contributed by atoms with E-state index in [1.807, 2.05) is 0 Å². The van der Waals surface area contributed by atoms with Crippen LogP contribution in [0.15, 0.2) is 36.4 Å². The predicted octanol–water partition coefficient (Wildman–Crippen LogP) is 5.75. The third-order valence-corrected chi connectivity index (χ3v) is 5.57. The predicted molar refractivity (Wildman–Crippen MR) is 105 cm³/mol. The summed E-state index contributed by atoms with van der Waals surface area (Å²) in [6.45, 7) is 11.4. The van der Waals surface area contributed by atoms with Crippen molar-refractivity contribution in [1.29, 1.82) is 0 Å². The van der Waals surface area contributed by atoms with Crippen LogP contribution in [0.25, 0.3) is 0 Å². The van der Waals surface area contributed by atoms with Gasteiger partial charge in [0.05, 0.1) is 12.7 Å². The van der Waals surface area contributed by atoms with Gasteiger partial charge in [0.15, 0.2) is 0 Å². The number of hydrogen-bond acceptors (Lipinski definition) is 1. The van der Waals surface area contributed by atoms with Gasteiger partial charge in [0.2, 0.25) is 0 Å². The number of benzene rings is 2. The molecule has 0 unspecified atom stereocenters. The van der Waals surface area contributed by atoms with Crippen molar-refractivity contribution in [1.82, 2.24) is 0 Å². The average molecular weight is 332 g/mol. The zero-order chi connectivity index (χ0) is 18.2. The van der Waals surface area contributed by atoms with E-state index in [-0.39, 0.29) is 10.8 Å². The van der Waals surface area contributed by atoms with Gasteiger partial charge in [-0.2, -0.15) is 0 Å². The van der Waals surface area contributed by atoms with Gasteiger partial charge in [-0.05, 0) is 66.0 Å². The number of rotatable bonds is 1. The van der Waals surface area contributed by atoms with Crippen molar-refractivity contribution < 1.29 is 4.74 Å². The van der Waals surface area contributed by atoms with E-state index in [0.717, 1.165) is 16.9 Å². The lowest BCUT2D eigenvalue weighted by molar-refractivity contribution is 0.328. The zero-order valence-electron chi connectivity index (χ0n) is 16.3. The second-order valence-corrected chi connectivity index (χ2v) is 8.48. The molecule has 0 saturated heterocycles. The summed E-state index contributed by atoms with van der Waals surface area (Å²) < 4.78 is 5.68. The largest absolute Gasteiger partial charge is 0.495 e. The summed E-state index contributed by atoms with van der Waals surface area (Å²) in [7, 11) is 1.74. The highest BCUT2D eigenvalue weighted by atomic mass is 16.5. The van der Waals surface area contributed by atoms with Gasteiger partial charge in [-0.1, -0.05) is 57.2 Å². The van der Waals surface area contributed by atoms with Gasteiger partial charge in [0, 0.05) is 5.56 Å². The fraction of sp³-hybridized carbons (Fsp3) is 0.417. The molecule has 0 heterocycles. The number of hydrogen-bond donors (Lipinski definition) is 0. The van der Waals surface area contributed by atoms with Gasteiger partial charge in [-0.15, -0.1) is 0 Å². The molecule has 0 fully saturated rings. The average Bonchev–Trinajstić information content (AvgIpc) is 2.58. The molecule has 0 amide bonds. The van der Waals surface area contributed by atoms with Crippen LogP contribution in [0.3, 0.4) is 0 Å². The molecule has 0 atom stereocenters. The van der Waals surface area contributed by atoms with E-state index in [0.29, 0.717) is 0 Å². The van der Waals surface area contributed by atoms with E-state index < -0.39 is 0 Å². The van der Waals surface area contributed by atoms with Crippen LogP contribution >= 0.6 is 0 Å². The van der Waals surface area contributed by atoms with Gasteiger partial charge in [0.25, 0.3) is 0 Å². The second-order valence-electron chi connectivity index (χ2n) is 8.48. The molecular weight excluding hydrogens is 304 g/mol. The first-order chi connectivity index (χ1) is 11.7. The van der Waals surface area contributed by atoms with Gasteiger partial charge >= 0.3 is 0 Å². The van der Waals surface area contributed by atoms with Crippen LogP contribution in [0.1, 0.15) is 68.4 Å². The van der Waals surface area contributed by atoms with Crippen LogP contribution < -0.4 is 4.74 Å². The molecular formula is C24H28O. The quantitative estimate of drug-likeness (QED) is 0.604. The van der Waals surface area contributed by atoms with E-state index >= 15 is 0 Å². The summed E-state index contributed by atoms with van der Waals surface area (Å²) in [6, 6.07) is 12.8. The minimum atomic E-state index is 0.178. The summed E-state index contributed by atoms with van der Waals surface area (Å²) in [5.74, 6) is 7.51. The van der Waals surface area contributed by atoms with Gasteiger partial charge < -0.3 is 4.74 Å². The fourth-order valence-electron chi connectivity index (χ4n) is 3.64. The molecule has 130 valence electrons. The monoisotopic (exact) mass is 332 g/mol. The summed E-state index contributed by atoms with van der Waals surface area (Å²) in [6.07, 6.45) is 2.40. The molecule has 1 aliphatic carbocycles. The highest BCUT2D eigenvalue weighted by molar-refractivity contribution is 5.57. The minimum Gasteiger partial charge on any atom is -0.495 e. The van der Waals surface area contributed by atoms with Crippen molar-refractivity contribution in [2.75, 3.05) is 7.11 Å². The maximum absolute atomic E-state index is 5.68. The van der Waals surface area contributed by atoms with Gasteiger partial charge in [-0.25, -0.2) is 0 Å². The van der Waals surface area contributed by atoms with Crippen molar-refractivity contribution in [3.8, 4) is 17.6 Å². The topological polar surface area (TPSA) is 9.23 Å². The van der Waals surface area contributed by atoms with Crippen LogP contribution in [0.4, 0.5) is 0 Å². The maximum Gasteiger partial charge on any atom is 0.134 e. The standard InChI is InChI=1S/C24H28O/c1-17-7-9-18(10-8-17)11-12-19-15-20-21(16-22(19)25-6)24(4,5)14-13-23(20,2)3/h7-10,15-16H,13-14H2,1-6H3. The summed E-state index contributed by atoms with van der Waals surface area (Å²) in [5.41, 5.74) is 6.44. The first-order valence-electron chi connectivity index (χ1n) is 9.05. The van der Waals surface area contributed by atoms with Crippen LogP contribution in [0.5, 0.6) is 5.75 Å². The Labute approximate surface area is 152 Å². The molecule has 1 heteroatoms. The molecule has 2 aromatic rings. The fourth-order valence-corrected chi connectivity index (χ4v) is 3.64. The molecule has 0 N–H and O–H groups in total. The van der Waals surface area contributed by atoms with Crippen molar-refractivity contribution in [2.24, 2.45) is 0 Å². The zero-order valence-corrected chi connectivity index (χ0v) is 16.3. The third kappa shape index (κ3) is 3.45.